The molecule has 1 aliphatic carbocycles. The summed E-state index contributed by atoms with van der Waals surface area (Å²) in [6.45, 7) is 0. The summed E-state index contributed by atoms with van der Waals surface area (Å²) in [6, 6.07) is 7.12. The highest BCUT2D eigenvalue weighted by Gasteiger charge is 2.47. The standard InChI is InChI=1S/C16H16O5/c1-19-13-7-3-2-6-11(13)10-12-14(17)20-16(21-15(12)18)8-4-5-9-16/h2-3,6-7,10H,4-5,8-9H2,1H3. The maximum Gasteiger partial charge on any atom is 0.348 e. The second kappa shape index (κ2) is 5.24. The number of esters is 2. The van der Waals surface area contributed by atoms with Gasteiger partial charge in [0.05, 0.1) is 7.11 Å². The SMILES string of the molecule is COc1ccccc1C=C1C(=O)OC2(CCCC2)OC1=O. The third-order valence-corrected chi connectivity index (χ3v) is 3.80. The van der Waals surface area contributed by atoms with Gasteiger partial charge in [0, 0.05) is 18.4 Å². The van der Waals surface area contributed by atoms with Gasteiger partial charge in [-0.1, -0.05) is 18.2 Å². The second-order valence-corrected chi connectivity index (χ2v) is 5.20. The molecule has 21 heavy (non-hydrogen) atoms. The van der Waals surface area contributed by atoms with Crippen LogP contribution in [0.3, 0.4) is 0 Å². The molecular weight excluding hydrogens is 272 g/mol. The molecule has 1 aromatic rings. The molecule has 2 aliphatic rings. The molecule has 0 unspecified atom stereocenters. The minimum atomic E-state index is -1.04. The number of rotatable bonds is 2. The van der Waals surface area contributed by atoms with E-state index in [0.29, 0.717) is 24.2 Å². The van der Waals surface area contributed by atoms with Crippen molar-refractivity contribution in [3.63, 3.8) is 0 Å². The predicted octanol–water partition coefficient (Wildman–Crippen LogP) is 2.45. The van der Waals surface area contributed by atoms with Crippen molar-refractivity contribution in [3.05, 3.63) is 35.4 Å². The van der Waals surface area contributed by atoms with Crippen LogP contribution < -0.4 is 4.74 Å². The lowest BCUT2D eigenvalue weighted by Crippen LogP contribution is -2.44. The topological polar surface area (TPSA) is 61.8 Å². The van der Waals surface area contributed by atoms with Crippen LogP contribution in [0.15, 0.2) is 29.8 Å². The van der Waals surface area contributed by atoms with Gasteiger partial charge in [-0.25, -0.2) is 9.59 Å². The van der Waals surface area contributed by atoms with E-state index in [1.807, 2.05) is 6.07 Å². The lowest BCUT2D eigenvalue weighted by Gasteiger charge is -2.32. The largest absolute Gasteiger partial charge is 0.496 e. The highest BCUT2D eigenvalue weighted by molar-refractivity contribution is 6.19. The number of benzene rings is 1. The van der Waals surface area contributed by atoms with Crippen LogP contribution >= 0.6 is 0 Å². The third-order valence-electron chi connectivity index (χ3n) is 3.80. The van der Waals surface area contributed by atoms with Gasteiger partial charge in [0.1, 0.15) is 11.3 Å². The Bertz CT molecular complexity index is 589. The summed E-state index contributed by atoms with van der Waals surface area (Å²) >= 11 is 0. The summed E-state index contributed by atoms with van der Waals surface area (Å²) < 4.78 is 15.9. The van der Waals surface area contributed by atoms with Crippen molar-refractivity contribution in [2.45, 2.75) is 31.5 Å². The number of hydrogen-bond acceptors (Lipinski definition) is 5. The van der Waals surface area contributed by atoms with Crippen molar-refractivity contribution in [1.29, 1.82) is 0 Å². The average molecular weight is 288 g/mol. The first-order chi connectivity index (χ1) is 10.1. The van der Waals surface area contributed by atoms with Crippen LogP contribution in [0.5, 0.6) is 5.75 Å². The highest BCUT2D eigenvalue weighted by atomic mass is 16.7. The fourth-order valence-corrected chi connectivity index (χ4v) is 2.73. The predicted molar refractivity (Wildman–Crippen MR) is 74.4 cm³/mol. The normalized spacial score (nSPS) is 20.1. The van der Waals surface area contributed by atoms with Crippen LogP contribution in [0.1, 0.15) is 31.2 Å². The second-order valence-electron chi connectivity index (χ2n) is 5.20. The maximum absolute atomic E-state index is 12.1. The van der Waals surface area contributed by atoms with E-state index in [0.717, 1.165) is 12.8 Å². The summed E-state index contributed by atoms with van der Waals surface area (Å²) in [6.07, 6.45) is 4.39. The Morgan fingerprint density at radius 2 is 1.71 bits per heavy atom. The molecule has 0 amide bonds. The lowest BCUT2D eigenvalue weighted by molar-refractivity contribution is -0.232. The number of hydrogen-bond donors (Lipinski definition) is 0. The summed E-state index contributed by atoms with van der Waals surface area (Å²) in [5.74, 6) is -1.71. The smallest absolute Gasteiger partial charge is 0.348 e. The van der Waals surface area contributed by atoms with E-state index >= 15 is 0 Å². The fourth-order valence-electron chi connectivity index (χ4n) is 2.73. The maximum atomic E-state index is 12.1. The van der Waals surface area contributed by atoms with Crippen molar-refractivity contribution in [2.24, 2.45) is 0 Å². The van der Waals surface area contributed by atoms with Gasteiger partial charge in [-0.05, 0) is 25.0 Å². The minimum absolute atomic E-state index is 0.1000. The zero-order valence-electron chi connectivity index (χ0n) is 11.8. The molecule has 3 rings (SSSR count). The zero-order chi connectivity index (χ0) is 14.9. The molecule has 5 heteroatoms. The van der Waals surface area contributed by atoms with E-state index in [4.69, 9.17) is 14.2 Å². The monoisotopic (exact) mass is 288 g/mol. The van der Waals surface area contributed by atoms with Crippen LogP contribution in [0, 0.1) is 0 Å². The molecular formula is C16H16O5. The molecule has 0 aromatic heterocycles. The molecule has 0 atom stereocenters. The average Bonchev–Trinajstić information content (AvgIpc) is 2.91. The van der Waals surface area contributed by atoms with Crippen molar-refractivity contribution < 1.29 is 23.8 Å². The quantitative estimate of drug-likeness (QED) is 0.475. The molecule has 110 valence electrons. The van der Waals surface area contributed by atoms with E-state index in [1.54, 1.807) is 18.2 Å². The number of methoxy groups -OCH3 is 1. The molecule has 1 aromatic carbocycles. The Hall–Kier alpha value is -2.30. The molecule has 1 spiro atoms. The Morgan fingerprint density at radius 3 is 2.33 bits per heavy atom. The molecule has 2 fully saturated rings. The lowest BCUT2D eigenvalue weighted by atomic mass is 10.1. The van der Waals surface area contributed by atoms with Gasteiger partial charge in [-0.15, -0.1) is 0 Å². The summed E-state index contributed by atoms with van der Waals surface area (Å²) in [5.41, 5.74) is 0.531. The van der Waals surface area contributed by atoms with Crippen molar-refractivity contribution >= 4 is 18.0 Å². The summed E-state index contributed by atoms with van der Waals surface area (Å²) in [5, 5.41) is 0. The van der Waals surface area contributed by atoms with E-state index in [9.17, 15) is 9.59 Å². The Labute approximate surface area is 122 Å². The van der Waals surface area contributed by atoms with Gasteiger partial charge < -0.3 is 14.2 Å². The first-order valence-electron chi connectivity index (χ1n) is 6.95. The molecule has 0 radical (unpaired) electrons. The van der Waals surface area contributed by atoms with Crippen molar-refractivity contribution in [2.75, 3.05) is 7.11 Å². The Balaban J connectivity index is 1.91. The number of carbonyl (C=O) groups excluding carboxylic acids is 2. The van der Waals surface area contributed by atoms with Crippen LogP contribution in [0.4, 0.5) is 0 Å². The van der Waals surface area contributed by atoms with E-state index < -0.39 is 17.7 Å². The van der Waals surface area contributed by atoms with E-state index in [2.05, 4.69) is 0 Å². The molecule has 1 aliphatic heterocycles. The van der Waals surface area contributed by atoms with Crippen LogP contribution in [-0.4, -0.2) is 24.8 Å². The molecule has 1 saturated carbocycles. The van der Waals surface area contributed by atoms with Crippen LogP contribution in [0.2, 0.25) is 0 Å². The van der Waals surface area contributed by atoms with Gasteiger partial charge in [0.2, 0.25) is 0 Å². The molecule has 0 N–H and O–H groups in total. The summed E-state index contributed by atoms with van der Waals surface area (Å²) in [7, 11) is 1.53. The molecule has 0 bridgehead atoms. The van der Waals surface area contributed by atoms with Crippen molar-refractivity contribution in [1.82, 2.24) is 0 Å². The van der Waals surface area contributed by atoms with Gasteiger partial charge in [-0.3, -0.25) is 0 Å². The number of para-hydroxylation sites is 1. The Morgan fingerprint density at radius 1 is 1.10 bits per heavy atom. The first-order valence-corrected chi connectivity index (χ1v) is 6.95. The zero-order valence-corrected chi connectivity index (χ0v) is 11.8. The van der Waals surface area contributed by atoms with Gasteiger partial charge in [0.15, 0.2) is 0 Å². The van der Waals surface area contributed by atoms with Gasteiger partial charge in [0.25, 0.3) is 5.79 Å². The summed E-state index contributed by atoms with van der Waals surface area (Å²) in [4.78, 5) is 24.3. The Kier molecular flexibility index (Phi) is 3.41. The van der Waals surface area contributed by atoms with Gasteiger partial charge >= 0.3 is 11.9 Å². The number of ether oxygens (including phenoxy) is 3. The van der Waals surface area contributed by atoms with Gasteiger partial charge in [-0.2, -0.15) is 0 Å². The van der Waals surface area contributed by atoms with Crippen molar-refractivity contribution in [3.8, 4) is 5.75 Å². The van der Waals surface area contributed by atoms with Crippen LogP contribution in [0.25, 0.3) is 6.08 Å². The van der Waals surface area contributed by atoms with Crippen LogP contribution in [-0.2, 0) is 19.1 Å². The molecule has 5 nitrogen and oxygen atoms in total. The number of carbonyl (C=O) groups is 2. The van der Waals surface area contributed by atoms with E-state index in [-0.39, 0.29) is 5.57 Å². The van der Waals surface area contributed by atoms with E-state index in [1.165, 1.54) is 13.2 Å². The molecule has 1 heterocycles. The third kappa shape index (κ3) is 2.51. The minimum Gasteiger partial charge on any atom is -0.496 e. The first kappa shape index (κ1) is 13.7. The highest BCUT2D eigenvalue weighted by Crippen LogP contribution is 2.38. The molecule has 1 saturated heterocycles. The fraction of sp³-hybridized carbons (Fsp3) is 0.375.